The molecular formula is C19H30ClN5O. The average Bonchev–Trinajstić information content (AvgIpc) is 3.00. The number of benzene rings is 1. The predicted molar refractivity (Wildman–Crippen MR) is 109 cm³/mol. The largest absolute Gasteiger partial charge is 0.317 e. The predicted octanol–water partition coefficient (Wildman–Crippen LogP) is 2.74. The molecule has 3 rings (SSSR count). The molecule has 7 heteroatoms. The summed E-state index contributed by atoms with van der Waals surface area (Å²) in [6, 6.07) is 8.09. The first-order valence-corrected chi connectivity index (χ1v) is 9.42. The summed E-state index contributed by atoms with van der Waals surface area (Å²) in [6.07, 6.45) is 1.79. The third kappa shape index (κ3) is 4.75. The number of anilines is 1. The minimum absolute atomic E-state index is 0. The molecule has 2 heterocycles. The highest BCUT2D eigenvalue weighted by atomic mass is 35.5. The zero-order valence-corrected chi connectivity index (χ0v) is 16.5. The number of halogens is 1. The third-order valence-corrected chi connectivity index (χ3v) is 5.13. The van der Waals surface area contributed by atoms with E-state index in [4.69, 9.17) is 0 Å². The molecule has 0 aliphatic carbocycles. The van der Waals surface area contributed by atoms with Crippen molar-refractivity contribution in [3.05, 3.63) is 24.3 Å². The van der Waals surface area contributed by atoms with Crippen molar-refractivity contribution in [2.75, 3.05) is 38.0 Å². The van der Waals surface area contributed by atoms with Gasteiger partial charge in [0.2, 0.25) is 11.9 Å². The van der Waals surface area contributed by atoms with E-state index in [0.717, 1.165) is 63.1 Å². The van der Waals surface area contributed by atoms with E-state index in [1.165, 1.54) is 0 Å². The van der Waals surface area contributed by atoms with Crippen molar-refractivity contribution in [1.82, 2.24) is 19.8 Å². The number of fused-ring (bicyclic) bond motifs is 1. The van der Waals surface area contributed by atoms with E-state index in [-0.39, 0.29) is 24.2 Å². The molecule has 1 aromatic heterocycles. The zero-order valence-electron chi connectivity index (χ0n) is 15.7. The SMILES string of the molecule is CCN(CC)CCn1c(NC(=O)C2CCNCC2)nc2ccccc21.Cl. The van der Waals surface area contributed by atoms with Crippen molar-refractivity contribution in [1.29, 1.82) is 0 Å². The maximum absolute atomic E-state index is 12.6. The average molecular weight is 380 g/mol. The van der Waals surface area contributed by atoms with Crippen molar-refractivity contribution in [3.63, 3.8) is 0 Å². The van der Waals surface area contributed by atoms with Gasteiger partial charge in [-0.2, -0.15) is 0 Å². The second-order valence-corrected chi connectivity index (χ2v) is 6.62. The Morgan fingerprint density at radius 2 is 1.96 bits per heavy atom. The molecule has 2 aromatic rings. The van der Waals surface area contributed by atoms with E-state index >= 15 is 0 Å². The Morgan fingerprint density at radius 1 is 1.27 bits per heavy atom. The molecule has 144 valence electrons. The summed E-state index contributed by atoms with van der Waals surface area (Å²) in [7, 11) is 0. The Bertz CT molecular complexity index is 707. The van der Waals surface area contributed by atoms with E-state index in [0.29, 0.717) is 5.95 Å². The molecule has 1 fully saturated rings. The number of carbonyl (C=O) groups is 1. The quantitative estimate of drug-likeness (QED) is 0.776. The van der Waals surface area contributed by atoms with Crippen LogP contribution in [0.1, 0.15) is 26.7 Å². The zero-order chi connectivity index (χ0) is 17.6. The second-order valence-electron chi connectivity index (χ2n) is 6.62. The highest BCUT2D eigenvalue weighted by Gasteiger charge is 2.23. The molecule has 0 radical (unpaired) electrons. The van der Waals surface area contributed by atoms with Crippen LogP contribution in [0.15, 0.2) is 24.3 Å². The van der Waals surface area contributed by atoms with Crippen LogP contribution in [0, 0.1) is 5.92 Å². The lowest BCUT2D eigenvalue weighted by Crippen LogP contribution is -2.35. The van der Waals surface area contributed by atoms with E-state index in [2.05, 4.69) is 45.0 Å². The fourth-order valence-electron chi connectivity index (χ4n) is 3.47. The Kier molecular flexibility index (Phi) is 7.87. The summed E-state index contributed by atoms with van der Waals surface area (Å²) in [5.41, 5.74) is 2.01. The summed E-state index contributed by atoms with van der Waals surface area (Å²) in [5, 5.41) is 6.40. The molecule has 1 aliphatic rings. The monoisotopic (exact) mass is 379 g/mol. The van der Waals surface area contributed by atoms with Crippen LogP contribution in [0.2, 0.25) is 0 Å². The first-order chi connectivity index (χ1) is 12.2. The van der Waals surface area contributed by atoms with E-state index in [1.807, 2.05) is 18.2 Å². The lowest BCUT2D eigenvalue weighted by molar-refractivity contribution is -0.120. The molecule has 6 nitrogen and oxygen atoms in total. The number of imidazole rings is 1. The normalized spacial score (nSPS) is 15.2. The molecule has 1 aliphatic heterocycles. The Balaban J connectivity index is 0.00000243. The summed E-state index contributed by atoms with van der Waals surface area (Å²) in [5.74, 6) is 0.857. The van der Waals surface area contributed by atoms with Gasteiger partial charge in [-0.25, -0.2) is 4.98 Å². The summed E-state index contributed by atoms with van der Waals surface area (Å²) in [4.78, 5) is 19.7. The molecule has 1 amide bonds. The number of amides is 1. The van der Waals surface area contributed by atoms with E-state index < -0.39 is 0 Å². The van der Waals surface area contributed by atoms with Crippen LogP contribution in [0.25, 0.3) is 11.0 Å². The van der Waals surface area contributed by atoms with Crippen LogP contribution >= 0.6 is 12.4 Å². The van der Waals surface area contributed by atoms with Gasteiger partial charge in [0.25, 0.3) is 0 Å². The van der Waals surface area contributed by atoms with Gasteiger partial charge in [0.15, 0.2) is 0 Å². The highest BCUT2D eigenvalue weighted by Crippen LogP contribution is 2.21. The van der Waals surface area contributed by atoms with Crippen LogP contribution in [0.3, 0.4) is 0 Å². The minimum Gasteiger partial charge on any atom is -0.317 e. The van der Waals surface area contributed by atoms with Gasteiger partial charge >= 0.3 is 0 Å². The molecule has 2 N–H and O–H groups in total. The lowest BCUT2D eigenvalue weighted by atomic mass is 9.97. The molecule has 0 unspecified atom stereocenters. The van der Waals surface area contributed by atoms with Gasteiger partial charge < -0.3 is 14.8 Å². The van der Waals surface area contributed by atoms with Gasteiger partial charge in [-0.15, -0.1) is 12.4 Å². The van der Waals surface area contributed by atoms with Crippen molar-refractivity contribution in [3.8, 4) is 0 Å². The fourth-order valence-corrected chi connectivity index (χ4v) is 3.47. The number of aromatic nitrogens is 2. The van der Waals surface area contributed by atoms with Crippen LogP contribution in [0.5, 0.6) is 0 Å². The van der Waals surface area contributed by atoms with Gasteiger partial charge in [0.1, 0.15) is 0 Å². The van der Waals surface area contributed by atoms with Gasteiger partial charge in [0, 0.05) is 19.0 Å². The molecule has 26 heavy (non-hydrogen) atoms. The van der Waals surface area contributed by atoms with Gasteiger partial charge in [-0.1, -0.05) is 26.0 Å². The maximum atomic E-state index is 12.6. The van der Waals surface area contributed by atoms with Crippen LogP contribution in [-0.2, 0) is 11.3 Å². The maximum Gasteiger partial charge on any atom is 0.229 e. The molecule has 0 bridgehead atoms. The highest BCUT2D eigenvalue weighted by molar-refractivity contribution is 5.93. The molecule has 0 saturated carbocycles. The summed E-state index contributed by atoms with van der Waals surface area (Å²) < 4.78 is 2.15. The molecule has 0 spiro atoms. The third-order valence-electron chi connectivity index (χ3n) is 5.13. The number of para-hydroxylation sites is 2. The van der Waals surface area contributed by atoms with Crippen molar-refractivity contribution < 1.29 is 4.79 Å². The van der Waals surface area contributed by atoms with Gasteiger partial charge in [0.05, 0.1) is 11.0 Å². The van der Waals surface area contributed by atoms with Gasteiger partial charge in [-0.3, -0.25) is 10.1 Å². The Labute approximate surface area is 161 Å². The number of piperidine rings is 1. The van der Waals surface area contributed by atoms with Crippen molar-refractivity contribution >= 4 is 35.3 Å². The molecule has 1 aromatic carbocycles. The Hall–Kier alpha value is -1.63. The Morgan fingerprint density at radius 3 is 2.65 bits per heavy atom. The standard InChI is InChI=1S/C19H29N5O.ClH/c1-3-23(4-2)13-14-24-17-8-6-5-7-16(17)21-19(24)22-18(25)15-9-11-20-12-10-15;/h5-8,15,20H,3-4,9-14H2,1-2H3,(H,21,22,25);1H. The van der Waals surface area contributed by atoms with E-state index in [1.54, 1.807) is 0 Å². The fraction of sp³-hybridized carbons (Fsp3) is 0.579. The number of nitrogens with zero attached hydrogens (tertiary/aromatic N) is 3. The first kappa shape index (κ1) is 20.7. The minimum atomic E-state index is 0. The van der Waals surface area contributed by atoms with E-state index in [9.17, 15) is 4.79 Å². The summed E-state index contributed by atoms with van der Waals surface area (Å²) >= 11 is 0. The lowest BCUT2D eigenvalue weighted by Gasteiger charge is -2.22. The molecular weight excluding hydrogens is 350 g/mol. The number of carbonyl (C=O) groups excluding carboxylic acids is 1. The number of nitrogens with one attached hydrogen (secondary N) is 2. The number of rotatable bonds is 7. The smallest absolute Gasteiger partial charge is 0.229 e. The first-order valence-electron chi connectivity index (χ1n) is 9.42. The second kappa shape index (κ2) is 9.90. The topological polar surface area (TPSA) is 62.2 Å². The van der Waals surface area contributed by atoms with Crippen LogP contribution in [0.4, 0.5) is 5.95 Å². The number of hydrogen-bond acceptors (Lipinski definition) is 4. The van der Waals surface area contributed by atoms with Crippen LogP contribution in [-0.4, -0.2) is 53.1 Å². The molecule has 1 saturated heterocycles. The number of likely N-dealkylation sites (N-methyl/N-ethyl adjacent to an activating group) is 1. The molecule has 0 atom stereocenters. The summed E-state index contributed by atoms with van der Waals surface area (Å²) in [6.45, 7) is 10.0. The number of hydrogen-bond donors (Lipinski definition) is 2. The van der Waals surface area contributed by atoms with Crippen molar-refractivity contribution in [2.45, 2.75) is 33.2 Å². The van der Waals surface area contributed by atoms with Crippen LogP contribution < -0.4 is 10.6 Å². The van der Waals surface area contributed by atoms with Crippen molar-refractivity contribution in [2.24, 2.45) is 5.92 Å². The van der Waals surface area contributed by atoms with Gasteiger partial charge in [-0.05, 0) is 51.2 Å².